The number of anilines is 1. The first kappa shape index (κ1) is 26.6. The lowest BCUT2D eigenvalue weighted by atomic mass is 9.93. The number of aliphatic hydroxyl groups is 1. The summed E-state index contributed by atoms with van der Waals surface area (Å²) in [7, 11) is 1.56. The SMILES string of the molecule is C=CC(O)N1CCCC(c2c(Cl)c(-c3ccc(Oc4ccc(Cl)c(Cl)c4)c(OC)c3)c3c(N)ncnn23)C1. The molecule has 38 heavy (non-hydrogen) atoms. The van der Waals surface area contributed by atoms with Crippen LogP contribution in [0.25, 0.3) is 16.6 Å². The molecule has 2 aromatic heterocycles. The highest BCUT2D eigenvalue weighted by Gasteiger charge is 2.32. The molecule has 1 saturated heterocycles. The Kier molecular flexibility index (Phi) is 7.70. The Hall–Kier alpha value is -3.01. The molecule has 5 rings (SSSR count). The fraction of sp³-hybridized carbons (Fsp3) is 0.259. The minimum absolute atomic E-state index is 0.0144. The summed E-state index contributed by atoms with van der Waals surface area (Å²) in [5.41, 5.74) is 9.24. The molecule has 0 bridgehead atoms. The first-order valence-corrected chi connectivity index (χ1v) is 13.1. The van der Waals surface area contributed by atoms with Crippen molar-refractivity contribution in [3.8, 4) is 28.4 Å². The lowest BCUT2D eigenvalue weighted by Gasteiger charge is -2.34. The molecular weight excluding hydrogens is 549 g/mol. The zero-order valence-electron chi connectivity index (χ0n) is 20.6. The van der Waals surface area contributed by atoms with Crippen molar-refractivity contribution in [3.63, 3.8) is 0 Å². The van der Waals surface area contributed by atoms with Gasteiger partial charge >= 0.3 is 0 Å². The molecule has 2 unspecified atom stereocenters. The summed E-state index contributed by atoms with van der Waals surface area (Å²) in [5.74, 6) is 1.80. The van der Waals surface area contributed by atoms with Crippen molar-refractivity contribution in [2.45, 2.75) is 25.0 Å². The fourth-order valence-corrected chi connectivity index (χ4v) is 5.64. The van der Waals surface area contributed by atoms with Crippen LogP contribution >= 0.6 is 34.8 Å². The summed E-state index contributed by atoms with van der Waals surface area (Å²) in [6.07, 6.45) is 3.99. The molecule has 0 aliphatic carbocycles. The number of rotatable bonds is 7. The van der Waals surface area contributed by atoms with Gasteiger partial charge in [-0.1, -0.05) is 47.4 Å². The van der Waals surface area contributed by atoms with Gasteiger partial charge in [0.1, 0.15) is 23.8 Å². The van der Waals surface area contributed by atoms with Crippen molar-refractivity contribution in [2.75, 3.05) is 25.9 Å². The van der Waals surface area contributed by atoms with E-state index in [0.29, 0.717) is 55.8 Å². The number of aliphatic hydroxyl groups excluding tert-OH is 1. The number of hydrogen-bond donors (Lipinski definition) is 2. The van der Waals surface area contributed by atoms with Crippen LogP contribution in [0.15, 0.2) is 55.4 Å². The maximum absolute atomic E-state index is 10.4. The summed E-state index contributed by atoms with van der Waals surface area (Å²) < 4.78 is 13.4. The highest BCUT2D eigenvalue weighted by Crippen LogP contribution is 2.45. The summed E-state index contributed by atoms with van der Waals surface area (Å²) >= 11 is 19.3. The number of fused-ring (bicyclic) bond motifs is 1. The van der Waals surface area contributed by atoms with E-state index in [1.807, 2.05) is 17.0 Å². The number of piperidine rings is 1. The van der Waals surface area contributed by atoms with Crippen LogP contribution in [0.2, 0.25) is 15.1 Å². The van der Waals surface area contributed by atoms with Gasteiger partial charge in [0.25, 0.3) is 0 Å². The van der Waals surface area contributed by atoms with Crippen LogP contribution in [0.5, 0.6) is 17.2 Å². The van der Waals surface area contributed by atoms with E-state index in [2.05, 4.69) is 16.7 Å². The summed E-state index contributed by atoms with van der Waals surface area (Å²) in [5, 5.41) is 16.2. The highest BCUT2D eigenvalue weighted by atomic mass is 35.5. The zero-order chi connectivity index (χ0) is 27.0. The Labute approximate surface area is 235 Å². The van der Waals surface area contributed by atoms with Gasteiger partial charge in [-0.25, -0.2) is 9.50 Å². The predicted octanol–water partition coefficient (Wildman–Crippen LogP) is 6.42. The molecule has 3 heterocycles. The maximum atomic E-state index is 10.4. The van der Waals surface area contributed by atoms with E-state index in [0.717, 1.165) is 30.6 Å². The van der Waals surface area contributed by atoms with Crippen LogP contribution in [-0.4, -0.2) is 51.0 Å². The Morgan fingerprint density at radius 1 is 1.16 bits per heavy atom. The van der Waals surface area contributed by atoms with Gasteiger partial charge in [0.15, 0.2) is 17.3 Å². The van der Waals surface area contributed by atoms with Crippen LogP contribution in [0.4, 0.5) is 5.82 Å². The molecule has 0 saturated carbocycles. The van der Waals surface area contributed by atoms with E-state index in [4.69, 9.17) is 50.0 Å². The van der Waals surface area contributed by atoms with Crippen molar-refractivity contribution in [3.05, 3.63) is 76.1 Å². The molecular formula is C27H26Cl3N5O3. The Bertz CT molecular complexity index is 1510. The van der Waals surface area contributed by atoms with E-state index < -0.39 is 6.23 Å². The second kappa shape index (κ2) is 11.0. The zero-order valence-corrected chi connectivity index (χ0v) is 22.8. The number of ether oxygens (including phenoxy) is 2. The van der Waals surface area contributed by atoms with Crippen LogP contribution in [0.3, 0.4) is 0 Å². The van der Waals surface area contributed by atoms with Gasteiger partial charge in [-0.3, -0.25) is 4.90 Å². The number of halogens is 3. The first-order valence-electron chi connectivity index (χ1n) is 12.0. The number of nitrogen functional groups attached to an aromatic ring is 1. The van der Waals surface area contributed by atoms with Crippen LogP contribution in [0, 0.1) is 0 Å². The maximum Gasteiger partial charge on any atom is 0.169 e. The van der Waals surface area contributed by atoms with E-state index in [1.165, 1.54) is 12.4 Å². The molecule has 0 amide bonds. The van der Waals surface area contributed by atoms with Crippen LogP contribution < -0.4 is 15.2 Å². The average Bonchev–Trinajstić information content (AvgIpc) is 3.23. The number of hydrogen-bond acceptors (Lipinski definition) is 7. The normalized spacial score (nSPS) is 16.9. The van der Waals surface area contributed by atoms with Crippen molar-refractivity contribution < 1.29 is 14.6 Å². The molecule has 1 fully saturated rings. The molecule has 4 aromatic rings. The number of likely N-dealkylation sites (tertiary alicyclic amines) is 1. The standard InChI is InChI=1S/C27H26Cl3N5O3/c1-3-22(36)34-10-4-5-16(13-34)25-24(30)23(26-27(31)32-14-33-35(25)26)15-6-9-20(21(11-15)37-2)38-17-7-8-18(28)19(29)12-17/h3,6-9,11-12,14,16,22,36H,1,4-5,10,13H2,2H3,(H2,31,32,33). The van der Waals surface area contributed by atoms with E-state index in [-0.39, 0.29) is 5.92 Å². The van der Waals surface area contributed by atoms with E-state index in [9.17, 15) is 5.11 Å². The monoisotopic (exact) mass is 573 g/mol. The molecule has 3 N–H and O–H groups in total. The van der Waals surface area contributed by atoms with Crippen molar-refractivity contribution >= 4 is 46.1 Å². The predicted molar refractivity (Wildman–Crippen MR) is 151 cm³/mol. The van der Waals surface area contributed by atoms with Gasteiger partial charge < -0.3 is 20.3 Å². The summed E-state index contributed by atoms with van der Waals surface area (Å²) in [6.45, 7) is 5.09. The van der Waals surface area contributed by atoms with Gasteiger partial charge in [-0.05, 0) is 48.7 Å². The lowest BCUT2D eigenvalue weighted by molar-refractivity contribution is 0.0217. The Balaban J connectivity index is 1.58. The molecule has 2 atom stereocenters. The van der Waals surface area contributed by atoms with Gasteiger partial charge in [-0.2, -0.15) is 5.10 Å². The minimum atomic E-state index is -0.728. The number of benzene rings is 2. The largest absolute Gasteiger partial charge is 0.493 e. The molecule has 0 spiro atoms. The fourth-order valence-electron chi connectivity index (χ4n) is 4.92. The second-order valence-corrected chi connectivity index (χ2v) is 10.2. The molecule has 2 aromatic carbocycles. The molecule has 8 nitrogen and oxygen atoms in total. The third-order valence-electron chi connectivity index (χ3n) is 6.72. The van der Waals surface area contributed by atoms with Gasteiger partial charge in [0.2, 0.25) is 0 Å². The third kappa shape index (κ3) is 4.90. The van der Waals surface area contributed by atoms with Crippen molar-refractivity contribution in [1.29, 1.82) is 0 Å². The van der Waals surface area contributed by atoms with E-state index in [1.54, 1.807) is 35.9 Å². The van der Waals surface area contributed by atoms with Gasteiger partial charge in [0.05, 0.1) is 27.9 Å². The number of nitrogens with zero attached hydrogens (tertiary/aromatic N) is 4. The topological polar surface area (TPSA) is 98.1 Å². The van der Waals surface area contributed by atoms with Crippen molar-refractivity contribution in [2.24, 2.45) is 0 Å². The lowest BCUT2D eigenvalue weighted by Crippen LogP contribution is -2.41. The molecule has 198 valence electrons. The first-order chi connectivity index (χ1) is 18.3. The summed E-state index contributed by atoms with van der Waals surface area (Å²) in [4.78, 5) is 6.20. The smallest absolute Gasteiger partial charge is 0.169 e. The van der Waals surface area contributed by atoms with E-state index >= 15 is 0 Å². The Morgan fingerprint density at radius 3 is 2.71 bits per heavy atom. The molecule has 1 aliphatic rings. The number of nitrogens with two attached hydrogens (primary N) is 1. The minimum Gasteiger partial charge on any atom is -0.493 e. The quantitative estimate of drug-likeness (QED) is 0.246. The third-order valence-corrected chi connectivity index (χ3v) is 7.84. The van der Waals surface area contributed by atoms with Crippen LogP contribution in [0.1, 0.15) is 24.5 Å². The molecule has 11 heteroatoms. The van der Waals surface area contributed by atoms with Gasteiger partial charge in [-0.15, -0.1) is 0 Å². The summed E-state index contributed by atoms with van der Waals surface area (Å²) in [6, 6.07) is 10.5. The Morgan fingerprint density at radius 2 is 1.97 bits per heavy atom. The molecule has 1 aliphatic heterocycles. The average molecular weight is 575 g/mol. The molecule has 0 radical (unpaired) electrons. The number of methoxy groups -OCH3 is 1. The second-order valence-electron chi connectivity index (χ2n) is 9.01. The number of aromatic nitrogens is 3. The van der Waals surface area contributed by atoms with Gasteiger partial charge in [0, 0.05) is 30.6 Å². The van der Waals surface area contributed by atoms with Crippen molar-refractivity contribution in [1.82, 2.24) is 19.5 Å². The van der Waals surface area contributed by atoms with Crippen LogP contribution in [-0.2, 0) is 0 Å². The highest BCUT2D eigenvalue weighted by molar-refractivity contribution is 6.42.